The van der Waals surface area contributed by atoms with Crippen LogP contribution < -0.4 is 5.32 Å². The first-order chi connectivity index (χ1) is 29.5. The largest absolute Gasteiger partial charge is 0.449 e. The molecule has 0 aliphatic heterocycles. The minimum absolute atomic E-state index is 0.0951. The minimum atomic E-state index is -1.14. The van der Waals surface area contributed by atoms with Crippen molar-refractivity contribution in [2.75, 3.05) is 13.2 Å². The number of esters is 1. The molecule has 1 aliphatic rings. The van der Waals surface area contributed by atoms with E-state index < -0.39 is 5.60 Å². The zero-order valence-electron chi connectivity index (χ0n) is 35.6. The molecule has 0 fully saturated rings. The quantitative estimate of drug-likeness (QED) is 0.0362. The molecule has 5 aromatic rings. The summed E-state index contributed by atoms with van der Waals surface area (Å²) in [6.45, 7) is 3.09. The molecule has 0 heterocycles. The first-order valence-electron chi connectivity index (χ1n) is 22.7. The number of amides is 1. The standard InChI is InChI=1S/C54H64ClNO4/c1-42-36-38-44(39-37-42)54(43-27-17-16-18-28-43,50-33-24-25-34-51(50)55)60-52(57)35-19-14-12-10-8-6-4-2-3-5-7-9-11-13-15-26-40-56-53(58)59-41-49-47-31-22-20-29-45(47)46-30-21-23-32-48(46)49/h16-18,20-25,27-34,36-39,49H,2-15,19,26,35,40-41H2,1H3,(H,56,58). The molecule has 5 nitrogen and oxygen atoms in total. The number of hydrogen-bond donors (Lipinski definition) is 1. The molecule has 1 atom stereocenters. The highest BCUT2D eigenvalue weighted by Gasteiger charge is 2.42. The number of unbranched alkanes of at least 4 members (excludes halogenated alkanes) is 15. The summed E-state index contributed by atoms with van der Waals surface area (Å²) >= 11 is 6.82. The van der Waals surface area contributed by atoms with Gasteiger partial charge in [0.1, 0.15) is 6.61 Å². The highest BCUT2D eigenvalue weighted by Crippen LogP contribution is 2.45. The fourth-order valence-corrected chi connectivity index (χ4v) is 9.06. The highest BCUT2D eigenvalue weighted by atomic mass is 35.5. The molecule has 6 rings (SSSR count). The van der Waals surface area contributed by atoms with Crippen molar-refractivity contribution in [3.8, 4) is 11.1 Å². The molecule has 1 N–H and O–H groups in total. The van der Waals surface area contributed by atoms with Crippen LogP contribution in [-0.2, 0) is 19.9 Å². The summed E-state index contributed by atoms with van der Waals surface area (Å²) in [4.78, 5) is 26.0. The van der Waals surface area contributed by atoms with E-state index in [1.54, 1.807) is 0 Å². The smallest absolute Gasteiger partial charge is 0.407 e. The van der Waals surface area contributed by atoms with Gasteiger partial charge in [0.25, 0.3) is 0 Å². The molecule has 6 heteroatoms. The molecular formula is C54H64ClNO4. The number of carbonyl (C=O) groups is 2. The molecule has 1 aliphatic carbocycles. The molecule has 60 heavy (non-hydrogen) atoms. The van der Waals surface area contributed by atoms with Gasteiger partial charge in [0, 0.05) is 40.6 Å². The third-order valence-electron chi connectivity index (χ3n) is 12.1. The maximum atomic E-state index is 13.6. The van der Waals surface area contributed by atoms with E-state index >= 15 is 0 Å². The number of rotatable bonds is 25. The number of aryl methyl sites for hydroxylation is 1. The average Bonchev–Trinajstić information content (AvgIpc) is 3.60. The van der Waals surface area contributed by atoms with Gasteiger partial charge in [0.05, 0.1) is 0 Å². The van der Waals surface area contributed by atoms with Crippen molar-refractivity contribution in [2.45, 2.75) is 128 Å². The second-order valence-electron chi connectivity index (χ2n) is 16.5. The number of fused-ring (bicyclic) bond motifs is 3. The maximum absolute atomic E-state index is 13.6. The molecule has 0 radical (unpaired) electrons. The lowest BCUT2D eigenvalue weighted by Crippen LogP contribution is -2.35. The average molecular weight is 827 g/mol. The predicted octanol–water partition coefficient (Wildman–Crippen LogP) is 14.7. The molecule has 316 valence electrons. The molecule has 0 aromatic heterocycles. The number of nitrogens with one attached hydrogen (secondary N) is 1. The van der Waals surface area contributed by atoms with Crippen LogP contribution >= 0.6 is 11.6 Å². The van der Waals surface area contributed by atoms with Crippen LogP contribution in [-0.4, -0.2) is 25.2 Å². The Morgan fingerprint density at radius 3 is 1.58 bits per heavy atom. The summed E-state index contributed by atoms with van der Waals surface area (Å²) in [6, 6.07) is 42.7. The van der Waals surface area contributed by atoms with E-state index in [-0.39, 0.29) is 18.0 Å². The van der Waals surface area contributed by atoms with Crippen molar-refractivity contribution in [3.05, 3.63) is 166 Å². The highest BCUT2D eigenvalue weighted by molar-refractivity contribution is 6.31. The van der Waals surface area contributed by atoms with Gasteiger partial charge in [-0.25, -0.2) is 4.79 Å². The van der Waals surface area contributed by atoms with Crippen LogP contribution in [0.3, 0.4) is 0 Å². The summed E-state index contributed by atoms with van der Waals surface area (Å²) < 4.78 is 12.2. The zero-order chi connectivity index (χ0) is 41.8. The summed E-state index contributed by atoms with van der Waals surface area (Å²) in [6.07, 6.45) is 19.3. The molecule has 0 saturated carbocycles. The van der Waals surface area contributed by atoms with Crippen molar-refractivity contribution in [1.82, 2.24) is 5.32 Å². The fraction of sp³-hybridized carbons (Fsp3) is 0.407. The van der Waals surface area contributed by atoms with Crippen molar-refractivity contribution in [3.63, 3.8) is 0 Å². The van der Waals surface area contributed by atoms with E-state index in [1.165, 1.54) is 92.9 Å². The number of ether oxygens (including phenoxy) is 2. The Bertz CT molecular complexity index is 2020. The number of carbonyl (C=O) groups excluding carboxylic acids is 2. The van der Waals surface area contributed by atoms with Crippen molar-refractivity contribution in [2.24, 2.45) is 0 Å². The Morgan fingerprint density at radius 2 is 1.02 bits per heavy atom. The van der Waals surface area contributed by atoms with Crippen molar-refractivity contribution >= 4 is 23.7 Å². The Balaban J connectivity index is 0.758. The number of alkyl carbamates (subject to hydrolysis) is 1. The first kappa shape index (κ1) is 44.7. The number of benzene rings is 5. The lowest BCUT2D eigenvalue weighted by Gasteiger charge is -2.36. The second kappa shape index (κ2) is 23.8. The van der Waals surface area contributed by atoms with Crippen LogP contribution in [0, 0.1) is 6.92 Å². The molecular weight excluding hydrogens is 762 g/mol. The monoisotopic (exact) mass is 825 g/mol. The minimum Gasteiger partial charge on any atom is -0.449 e. The summed E-state index contributed by atoms with van der Waals surface area (Å²) in [5, 5.41) is 3.52. The van der Waals surface area contributed by atoms with Gasteiger partial charge in [0.15, 0.2) is 5.60 Å². The van der Waals surface area contributed by atoms with Crippen LogP contribution in [0.4, 0.5) is 4.79 Å². The first-order valence-corrected chi connectivity index (χ1v) is 23.0. The van der Waals surface area contributed by atoms with Crippen LogP contribution in [0.1, 0.15) is 148 Å². The van der Waals surface area contributed by atoms with Gasteiger partial charge in [0.2, 0.25) is 0 Å². The van der Waals surface area contributed by atoms with Crippen LogP contribution in [0.2, 0.25) is 5.02 Å². The fourth-order valence-electron chi connectivity index (χ4n) is 8.79. The third-order valence-corrected chi connectivity index (χ3v) is 12.4. The van der Waals surface area contributed by atoms with Crippen LogP contribution in [0.5, 0.6) is 0 Å². The summed E-state index contributed by atoms with van der Waals surface area (Å²) in [7, 11) is 0. The Morgan fingerprint density at radius 1 is 0.550 bits per heavy atom. The Hall–Kier alpha value is -4.87. The molecule has 0 bridgehead atoms. The lowest BCUT2D eigenvalue weighted by molar-refractivity contribution is -0.153. The van der Waals surface area contributed by atoms with E-state index in [2.05, 4.69) is 72.9 Å². The van der Waals surface area contributed by atoms with Gasteiger partial charge < -0.3 is 14.8 Å². The van der Waals surface area contributed by atoms with Crippen LogP contribution in [0.25, 0.3) is 11.1 Å². The third kappa shape index (κ3) is 12.3. The van der Waals surface area contributed by atoms with Gasteiger partial charge in [-0.3, -0.25) is 4.79 Å². The lowest BCUT2D eigenvalue weighted by atomic mass is 9.79. The topological polar surface area (TPSA) is 64.6 Å². The van der Waals surface area contributed by atoms with Gasteiger partial charge >= 0.3 is 12.1 Å². The SMILES string of the molecule is Cc1ccc(C(OC(=O)CCCCCCCCCCCCCCCCCCNC(=O)OCC2c3ccccc3-c3ccccc32)(c2ccccc2)c2ccccc2Cl)cc1. The van der Waals surface area contributed by atoms with Gasteiger partial charge in [-0.05, 0) is 48.1 Å². The van der Waals surface area contributed by atoms with E-state index in [0.29, 0.717) is 24.6 Å². The van der Waals surface area contributed by atoms with E-state index in [4.69, 9.17) is 21.1 Å². The summed E-state index contributed by atoms with van der Waals surface area (Å²) in [5.41, 5.74) is 7.49. The van der Waals surface area contributed by atoms with Gasteiger partial charge in [-0.2, -0.15) is 0 Å². The number of halogens is 1. The second-order valence-corrected chi connectivity index (χ2v) is 16.9. The van der Waals surface area contributed by atoms with E-state index in [0.717, 1.165) is 54.4 Å². The molecule has 0 spiro atoms. The normalized spacial score (nSPS) is 13.0. The predicted molar refractivity (Wildman–Crippen MR) is 247 cm³/mol. The molecule has 0 saturated heterocycles. The molecule has 1 amide bonds. The zero-order valence-corrected chi connectivity index (χ0v) is 36.4. The van der Waals surface area contributed by atoms with Crippen LogP contribution in [0.15, 0.2) is 127 Å². The number of hydrogen-bond acceptors (Lipinski definition) is 4. The Kier molecular flexibility index (Phi) is 17.7. The van der Waals surface area contributed by atoms with E-state index in [1.807, 2.05) is 66.7 Å². The molecule has 5 aromatic carbocycles. The van der Waals surface area contributed by atoms with Gasteiger partial charge in [-0.1, -0.05) is 228 Å². The van der Waals surface area contributed by atoms with E-state index in [9.17, 15) is 9.59 Å². The maximum Gasteiger partial charge on any atom is 0.407 e. The summed E-state index contributed by atoms with van der Waals surface area (Å²) in [5.74, 6) is -0.113. The van der Waals surface area contributed by atoms with Crippen molar-refractivity contribution in [1.29, 1.82) is 0 Å². The van der Waals surface area contributed by atoms with Gasteiger partial charge in [-0.15, -0.1) is 0 Å². The molecule has 1 unspecified atom stereocenters. The van der Waals surface area contributed by atoms with Crippen molar-refractivity contribution < 1.29 is 19.1 Å². The Labute approximate surface area is 364 Å².